The number of unbranched alkanes of at least 4 members (excludes halogenated alkanes) is 1. The van der Waals surface area contributed by atoms with Crippen molar-refractivity contribution >= 4 is 10.8 Å². The fourth-order valence-electron chi connectivity index (χ4n) is 3.75. The van der Waals surface area contributed by atoms with Crippen molar-refractivity contribution in [2.24, 2.45) is 0 Å². The molecule has 0 unspecified atom stereocenters. The van der Waals surface area contributed by atoms with E-state index in [1.165, 1.54) is 18.4 Å². The van der Waals surface area contributed by atoms with Gasteiger partial charge in [-0.15, -0.1) is 0 Å². The van der Waals surface area contributed by atoms with E-state index in [1.54, 1.807) is 0 Å². The maximum absolute atomic E-state index is 14.5. The molecule has 4 aromatic rings. The van der Waals surface area contributed by atoms with Crippen LogP contribution < -0.4 is 0 Å². The maximum atomic E-state index is 14.5. The van der Waals surface area contributed by atoms with E-state index in [4.69, 9.17) is 0 Å². The zero-order valence-electron chi connectivity index (χ0n) is 19.2. The quantitative estimate of drug-likeness (QED) is 0.291. The standard InChI is InChI=1S/C32H27F/c1-3-5-6-24-7-9-25(10-8-24)11-12-26-13-15-27(16-14-26)17-18-28-19-22-31-30(23-28)21-20-29(4-2)32(31)33/h7-10,13-16,19-23H,3-6H2,1-2H3. The third-order valence-corrected chi connectivity index (χ3v) is 5.78. The van der Waals surface area contributed by atoms with Crippen LogP contribution in [0, 0.1) is 29.5 Å². The first-order valence-electron chi connectivity index (χ1n) is 11.6. The number of hydrogen-bond acceptors (Lipinski definition) is 0. The zero-order valence-corrected chi connectivity index (χ0v) is 19.2. The largest absolute Gasteiger partial charge is 0.206 e. The van der Waals surface area contributed by atoms with Crippen LogP contribution in [0.3, 0.4) is 0 Å². The van der Waals surface area contributed by atoms with Crippen molar-refractivity contribution in [3.05, 3.63) is 118 Å². The summed E-state index contributed by atoms with van der Waals surface area (Å²) in [6, 6.07) is 26.0. The maximum Gasteiger partial charge on any atom is 0.134 e. The molecule has 0 N–H and O–H groups in total. The van der Waals surface area contributed by atoms with Crippen molar-refractivity contribution in [1.82, 2.24) is 0 Å². The van der Waals surface area contributed by atoms with Crippen LogP contribution in [0.2, 0.25) is 0 Å². The van der Waals surface area contributed by atoms with Gasteiger partial charge in [0.15, 0.2) is 0 Å². The van der Waals surface area contributed by atoms with Gasteiger partial charge in [0, 0.05) is 27.6 Å². The minimum absolute atomic E-state index is 0.126. The molecule has 33 heavy (non-hydrogen) atoms. The Bertz CT molecular complexity index is 1370. The third-order valence-electron chi connectivity index (χ3n) is 5.78. The molecule has 4 rings (SSSR count). The zero-order chi connectivity index (χ0) is 23.0. The monoisotopic (exact) mass is 430 g/mol. The highest BCUT2D eigenvalue weighted by Gasteiger charge is 2.05. The fraction of sp³-hybridized carbons (Fsp3) is 0.188. The summed E-state index contributed by atoms with van der Waals surface area (Å²) in [4.78, 5) is 0. The highest BCUT2D eigenvalue weighted by Crippen LogP contribution is 2.22. The Kier molecular flexibility index (Phi) is 7.24. The van der Waals surface area contributed by atoms with Crippen molar-refractivity contribution in [3.8, 4) is 23.7 Å². The van der Waals surface area contributed by atoms with Gasteiger partial charge in [0.2, 0.25) is 0 Å². The molecule has 0 aromatic heterocycles. The van der Waals surface area contributed by atoms with Gasteiger partial charge in [-0.2, -0.15) is 0 Å². The number of fused-ring (bicyclic) bond motifs is 1. The molecule has 0 aliphatic carbocycles. The van der Waals surface area contributed by atoms with Gasteiger partial charge in [-0.1, -0.05) is 74.3 Å². The van der Waals surface area contributed by atoms with E-state index >= 15 is 0 Å². The Morgan fingerprint density at radius 3 is 1.76 bits per heavy atom. The van der Waals surface area contributed by atoms with Gasteiger partial charge in [-0.3, -0.25) is 0 Å². The number of hydrogen-bond donors (Lipinski definition) is 0. The Hall–Kier alpha value is -3.81. The molecule has 1 heteroatoms. The Morgan fingerprint density at radius 1 is 0.636 bits per heavy atom. The van der Waals surface area contributed by atoms with Crippen molar-refractivity contribution < 1.29 is 4.39 Å². The van der Waals surface area contributed by atoms with Gasteiger partial charge in [0.1, 0.15) is 5.82 Å². The van der Waals surface area contributed by atoms with Crippen LogP contribution in [0.4, 0.5) is 4.39 Å². The van der Waals surface area contributed by atoms with Gasteiger partial charge >= 0.3 is 0 Å². The topological polar surface area (TPSA) is 0 Å². The van der Waals surface area contributed by atoms with Gasteiger partial charge in [-0.05, 0) is 84.3 Å². The molecule has 0 amide bonds. The first kappa shape index (κ1) is 22.4. The second-order valence-corrected chi connectivity index (χ2v) is 8.21. The van der Waals surface area contributed by atoms with Crippen molar-refractivity contribution in [3.63, 3.8) is 0 Å². The van der Waals surface area contributed by atoms with Crippen LogP contribution in [-0.4, -0.2) is 0 Å². The second-order valence-electron chi connectivity index (χ2n) is 8.21. The smallest absolute Gasteiger partial charge is 0.134 e. The minimum Gasteiger partial charge on any atom is -0.206 e. The van der Waals surface area contributed by atoms with Crippen molar-refractivity contribution in [1.29, 1.82) is 0 Å². The van der Waals surface area contributed by atoms with E-state index in [0.717, 1.165) is 39.6 Å². The molecule has 0 heterocycles. The summed E-state index contributed by atoms with van der Waals surface area (Å²) < 4.78 is 14.5. The molecular weight excluding hydrogens is 403 g/mol. The van der Waals surface area contributed by atoms with E-state index in [-0.39, 0.29) is 5.82 Å². The van der Waals surface area contributed by atoms with Crippen LogP contribution in [-0.2, 0) is 12.8 Å². The SMILES string of the molecule is CCCCc1ccc(C#Cc2ccc(C#Cc3ccc4c(F)c(CC)ccc4c3)cc2)cc1. The van der Waals surface area contributed by atoms with Gasteiger partial charge in [-0.25, -0.2) is 4.39 Å². The molecule has 0 bridgehead atoms. The number of halogens is 1. The summed E-state index contributed by atoms with van der Waals surface area (Å²) in [6.07, 6.45) is 4.25. The predicted octanol–water partition coefficient (Wildman–Crippen LogP) is 7.68. The molecule has 162 valence electrons. The third kappa shape index (κ3) is 5.71. The van der Waals surface area contributed by atoms with E-state index in [2.05, 4.69) is 54.9 Å². The van der Waals surface area contributed by atoms with E-state index < -0.39 is 0 Å². The summed E-state index contributed by atoms with van der Waals surface area (Å²) in [5.74, 6) is 12.7. The van der Waals surface area contributed by atoms with Crippen molar-refractivity contribution in [2.75, 3.05) is 0 Å². The highest BCUT2D eigenvalue weighted by molar-refractivity contribution is 5.85. The summed E-state index contributed by atoms with van der Waals surface area (Å²) in [7, 11) is 0. The molecule has 0 spiro atoms. The molecule has 0 radical (unpaired) electrons. The molecule has 0 nitrogen and oxygen atoms in total. The van der Waals surface area contributed by atoms with Gasteiger partial charge < -0.3 is 0 Å². The molecule has 0 fully saturated rings. The lowest BCUT2D eigenvalue weighted by atomic mass is 10.0. The van der Waals surface area contributed by atoms with Crippen LogP contribution in [0.15, 0.2) is 78.9 Å². The van der Waals surface area contributed by atoms with E-state index in [9.17, 15) is 4.39 Å². The van der Waals surface area contributed by atoms with Crippen LogP contribution >= 0.6 is 0 Å². The Labute approximate surface area is 196 Å². The molecular formula is C32H27F. The fourth-order valence-corrected chi connectivity index (χ4v) is 3.75. The lowest BCUT2D eigenvalue weighted by Crippen LogP contribution is -1.89. The molecule has 4 aromatic carbocycles. The summed E-state index contributed by atoms with van der Waals surface area (Å²) >= 11 is 0. The van der Waals surface area contributed by atoms with Gasteiger partial charge in [0.25, 0.3) is 0 Å². The molecule has 0 saturated carbocycles. The number of rotatable bonds is 4. The van der Waals surface area contributed by atoms with Crippen LogP contribution in [0.25, 0.3) is 10.8 Å². The molecule has 0 aliphatic heterocycles. The Balaban J connectivity index is 1.45. The normalized spacial score (nSPS) is 10.3. The Morgan fingerprint density at radius 2 is 1.18 bits per heavy atom. The predicted molar refractivity (Wildman–Crippen MR) is 137 cm³/mol. The molecule has 0 aliphatic rings. The lowest BCUT2D eigenvalue weighted by Gasteiger charge is -2.04. The first-order chi connectivity index (χ1) is 16.2. The summed E-state index contributed by atoms with van der Waals surface area (Å²) in [6.45, 7) is 4.18. The average Bonchev–Trinajstić information content (AvgIpc) is 2.86. The van der Waals surface area contributed by atoms with Crippen LogP contribution in [0.5, 0.6) is 0 Å². The van der Waals surface area contributed by atoms with Gasteiger partial charge in [0.05, 0.1) is 0 Å². The number of benzene rings is 4. The minimum atomic E-state index is -0.126. The summed E-state index contributed by atoms with van der Waals surface area (Å²) in [5, 5.41) is 1.53. The number of aryl methyl sites for hydroxylation is 2. The highest BCUT2D eigenvalue weighted by atomic mass is 19.1. The first-order valence-corrected chi connectivity index (χ1v) is 11.6. The van der Waals surface area contributed by atoms with Crippen LogP contribution in [0.1, 0.15) is 60.1 Å². The second kappa shape index (κ2) is 10.7. The molecule has 0 atom stereocenters. The lowest BCUT2D eigenvalue weighted by molar-refractivity contribution is 0.624. The van der Waals surface area contributed by atoms with E-state index in [0.29, 0.717) is 11.8 Å². The molecule has 0 saturated heterocycles. The average molecular weight is 431 g/mol. The summed E-state index contributed by atoms with van der Waals surface area (Å²) in [5.41, 5.74) is 5.90. The van der Waals surface area contributed by atoms with E-state index in [1.807, 2.05) is 61.5 Å². The van der Waals surface area contributed by atoms with Crippen molar-refractivity contribution in [2.45, 2.75) is 39.5 Å².